The van der Waals surface area contributed by atoms with Gasteiger partial charge in [0.25, 0.3) is 0 Å². The molecule has 4 heteroatoms. The Kier molecular flexibility index (Phi) is 5.06. The summed E-state index contributed by atoms with van der Waals surface area (Å²) in [6, 6.07) is 27.6. The van der Waals surface area contributed by atoms with Gasteiger partial charge in [-0.2, -0.15) is 0 Å². The van der Waals surface area contributed by atoms with E-state index in [-0.39, 0.29) is 23.8 Å². The summed E-state index contributed by atoms with van der Waals surface area (Å²) in [5.74, 6) is -0.274. The molecule has 4 nitrogen and oxygen atoms in total. The molecule has 1 heterocycles. The van der Waals surface area contributed by atoms with Crippen LogP contribution in [0.2, 0.25) is 0 Å². The molecule has 5 rings (SSSR count). The van der Waals surface area contributed by atoms with Crippen LogP contribution in [0.15, 0.2) is 84.9 Å². The Morgan fingerprint density at radius 2 is 1.39 bits per heavy atom. The monoisotopic (exact) mass is 411 g/mol. The summed E-state index contributed by atoms with van der Waals surface area (Å²) < 4.78 is 5.84. The molecule has 2 aliphatic rings. The third-order valence-electron chi connectivity index (χ3n) is 6.64. The molecular formula is C27H25NO3. The van der Waals surface area contributed by atoms with Crippen molar-refractivity contribution in [1.29, 1.82) is 0 Å². The van der Waals surface area contributed by atoms with Crippen LogP contribution in [0.1, 0.15) is 58.8 Å². The van der Waals surface area contributed by atoms with E-state index >= 15 is 0 Å². The van der Waals surface area contributed by atoms with Crippen LogP contribution >= 0.6 is 0 Å². The van der Waals surface area contributed by atoms with Crippen LogP contribution in [0.5, 0.6) is 0 Å². The first-order valence-electron chi connectivity index (χ1n) is 10.9. The fourth-order valence-electron chi connectivity index (χ4n) is 4.97. The second kappa shape index (κ2) is 8.03. The lowest BCUT2D eigenvalue weighted by Crippen LogP contribution is -2.40. The van der Waals surface area contributed by atoms with Crippen LogP contribution in [0.3, 0.4) is 0 Å². The number of benzene rings is 3. The summed E-state index contributed by atoms with van der Waals surface area (Å²) in [5, 5.41) is 3.28. The average Bonchev–Trinajstić information content (AvgIpc) is 3.10. The quantitative estimate of drug-likeness (QED) is 0.604. The van der Waals surface area contributed by atoms with Gasteiger partial charge in [-0.3, -0.25) is 4.79 Å². The van der Waals surface area contributed by atoms with Crippen molar-refractivity contribution in [3.8, 4) is 0 Å². The van der Waals surface area contributed by atoms with Gasteiger partial charge in [0.2, 0.25) is 5.91 Å². The number of hydrogen-bond acceptors (Lipinski definition) is 3. The van der Waals surface area contributed by atoms with Crippen molar-refractivity contribution >= 4 is 11.9 Å². The van der Waals surface area contributed by atoms with Gasteiger partial charge in [-0.15, -0.1) is 0 Å². The molecular weight excluding hydrogens is 386 g/mol. The van der Waals surface area contributed by atoms with Gasteiger partial charge in [0.15, 0.2) is 0 Å². The van der Waals surface area contributed by atoms with Crippen molar-refractivity contribution in [1.82, 2.24) is 5.32 Å². The van der Waals surface area contributed by atoms with E-state index in [1.807, 2.05) is 84.9 Å². The van der Waals surface area contributed by atoms with Crippen LogP contribution in [0.4, 0.5) is 0 Å². The Balaban J connectivity index is 1.32. The zero-order valence-corrected chi connectivity index (χ0v) is 17.3. The molecule has 1 saturated carbocycles. The van der Waals surface area contributed by atoms with Gasteiger partial charge in [0.05, 0.1) is 11.6 Å². The largest absolute Gasteiger partial charge is 0.451 e. The lowest BCUT2D eigenvalue weighted by atomic mass is 9.74. The molecule has 156 valence electrons. The number of nitrogens with one attached hydrogen (secondary N) is 1. The standard InChI is InChI=1S/C27H25NO3/c29-25(28-24(19-9-3-1-4-10-19)20-11-5-2-6-12-20)21-15-17-27(18-16-21)23-14-8-7-13-22(23)26(30)31-27/h1-14,21,24H,15-18H2,(H,28,29)/t21-,27-. The first-order chi connectivity index (χ1) is 15.2. The number of rotatable bonds is 4. The molecule has 0 radical (unpaired) electrons. The molecule has 3 aromatic carbocycles. The number of fused-ring (bicyclic) bond motifs is 2. The van der Waals surface area contributed by atoms with Crippen molar-refractivity contribution in [2.45, 2.75) is 37.3 Å². The second-order valence-electron chi connectivity index (χ2n) is 8.47. The van der Waals surface area contributed by atoms with Gasteiger partial charge < -0.3 is 10.1 Å². The second-order valence-corrected chi connectivity index (χ2v) is 8.47. The summed E-state index contributed by atoms with van der Waals surface area (Å²) >= 11 is 0. The normalized spacial score (nSPS) is 22.2. The van der Waals surface area contributed by atoms with Crippen LogP contribution < -0.4 is 5.32 Å². The zero-order chi connectivity index (χ0) is 21.3. The van der Waals surface area contributed by atoms with E-state index in [1.54, 1.807) is 0 Å². The van der Waals surface area contributed by atoms with Crippen LogP contribution in [-0.4, -0.2) is 11.9 Å². The van der Waals surface area contributed by atoms with Crippen molar-refractivity contribution in [2.75, 3.05) is 0 Å². The smallest absolute Gasteiger partial charge is 0.339 e. The Hall–Kier alpha value is -3.40. The highest BCUT2D eigenvalue weighted by Crippen LogP contribution is 2.48. The molecule has 1 amide bonds. The fraction of sp³-hybridized carbons (Fsp3) is 0.259. The molecule has 1 spiro atoms. The highest BCUT2D eigenvalue weighted by atomic mass is 16.6. The summed E-state index contributed by atoms with van der Waals surface area (Å²) in [6.07, 6.45) is 2.75. The Morgan fingerprint density at radius 1 is 0.839 bits per heavy atom. The van der Waals surface area contributed by atoms with Gasteiger partial charge >= 0.3 is 5.97 Å². The molecule has 0 bridgehead atoms. The minimum absolute atomic E-state index is 0.0603. The van der Waals surface area contributed by atoms with Crippen LogP contribution in [0.25, 0.3) is 0 Å². The number of hydrogen-bond donors (Lipinski definition) is 1. The van der Waals surface area contributed by atoms with Gasteiger partial charge in [0, 0.05) is 11.5 Å². The number of carbonyl (C=O) groups excluding carboxylic acids is 2. The molecule has 0 saturated heterocycles. The fourth-order valence-corrected chi connectivity index (χ4v) is 4.97. The van der Waals surface area contributed by atoms with Crippen LogP contribution in [-0.2, 0) is 15.1 Å². The van der Waals surface area contributed by atoms with E-state index in [0.717, 1.165) is 16.7 Å². The lowest BCUT2D eigenvalue weighted by Gasteiger charge is -2.36. The number of ether oxygens (including phenoxy) is 1. The number of carbonyl (C=O) groups is 2. The zero-order valence-electron chi connectivity index (χ0n) is 17.3. The van der Waals surface area contributed by atoms with Gasteiger partial charge in [0.1, 0.15) is 5.60 Å². The highest BCUT2D eigenvalue weighted by molar-refractivity contribution is 5.94. The predicted octanol–water partition coefficient (Wildman–Crippen LogP) is 5.15. The molecule has 0 aromatic heterocycles. The van der Waals surface area contributed by atoms with E-state index in [1.165, 1.54) is 0 Å². The van der Waals surface area contributed by atoms with Crippen molar-refractivity contribution < 1.29 is 14.3 Å². The van der Waals surface area contributed by atoms with Gasteiger partial charge in [-0.1, -0.05) is 78.9 Å². The van der Waals surface area contributed by atoms with Crippen molar-refractivity contribution in [2.24, 2.45) is 5.92 Å². The van der Waals surface area contributed by atoms with E-state index in [2.05, 4.69) is 5.32 Å². The van der Waals surface area contributed by atoms with E-state index in [9.17, 15) is 9.59 Å². The third kappa shape index (κ3) is 3.63. The molecule has 1 aliphatic carbocycles. The Bertz CT molecular complexity index is 1050. The van der Waals surface area contributed by atoms with E-state index in [0.29, 0.717) is 31.2 Å². The summed E-state index contributed by atoms with van der Waals surface area (Å²) in [5.41, 5.74) is 3.20. The molecule has 1 aliphatic heterocycles. The van der Waals surface area contributed by atoms with Gasteiger partial charge in [-0.05, 0) is 42.9 Å². The number of amides is 1. The highest BCUT2D eigenvalue weighted by Gasteiger charge is 2.48. The Labute approximate surface area is 182 Å². The maximum Gasteiger partial charge on any atom is 0.339 e. The minimum atomic E-state index is -0.567. The molecule has 0 unspecified atom stereocenters. The third-order valence-corrected chi connectivity index (χ3v) is 6.64. The molecule has 1 N–H and O–H groups in total. The number of esters is 1. The minimum Gasteiger partial charge on any atom is -0.451 e. The van der Waals surface area contributed by atoms with E-state index < -0.39 is 5.60 Å². The molecule has 3 aromatic rings. The first kappa shape index (κ1) is 19.6. The SMILES string of the molecule is O=C1O[C@]2(CC[C@H](C(=O)NC(c3ccccc3)c3ccccc3)CC2)c2ccccc21. The predicted molar refractivity (Wildman–Crippen MR) is 118 cm³/mol. The van der Waals surface area contributed by atoms with Crippen LogP contribution in [0, 0.1) is 5.92 Å². The molecule has 1 fully saturated rings. The van der Waals surface area contributed by atoms with Crippen molar-refractivity contribution in [3.05, 3.63) is 107 Å². The maximum atomic E-state index is 13.2. The molecule has 31 heavy (non-hydrogen) atoms. The topological polar surface area (TPSA) is 55.4 Å². The summed E-state index contributed by atoms with van der Waals surface area (Å²) in [7, 11) is 0. The van der Waals surface area contributed by atoms with Gasteiger partial charge in [-0.25, -0.2) is 4.79 Å². The Morgan fingerprint density at radius 3 is 2.00 bits per heavy atom. The summed E-state index contributed by atoms with van der Waals surface area (Å²) in [6.45, 7) is 0. The lowest BCUT2D eigenvalue weighted by molar-refractivity contribution is -0.128. The first-order valence-corrected chi connectivity index (χ1v) is 10.9. The average molecular weight is 412 g/mol. The molecule has 0 atom stereocenters. The maximum absolute atomic E-state index is 13.2. The summed E-state index contributed by atoms with van der Waals surface area (Å²) in [4.78, 5) is 25.6. The van der Waals surface area contributed by atoms with E-state index in [4.69, 9.17) is 4.74 Å². The van der Waals surface area contributed by atoms with Crippen molar-refractivity contribution in [3.63, 3.8) is 0 Å².